The molecule has 3 nitrogen and oxygen atoms in total. The molecule has 5 heteroatoms. The molecule has 0 aromatic carbocycles. The number of hydrogen-bond acceptors (Lipinski definition) is 3. The zero-order valence-corrected chi connectivity index (χ0v) is 12.7. The van der Waals surface area contributed by atoms with E-state index in [1.807, 2.05) is 16.2 Å². The van der Waals surface area contributed by atoms with Crippen LogP contribution in [0.15, 0.2) is 0 Å². The van der Waals surface area contributed by atoms with Crippen LogP contribution in [0.3, 0.4) is 0 Å². The third kappa shape index (κ3) is 2.48. The first-order valence-electron chi connectivity index (χ1n) is 6.57. The zero-order valence-electron chi connectivity index (χ0n) is 10.3. The van der Waals surface area contributed by atoms with E-state index in [0.29, 0.717) is 12.3 Å². The highest BCUT2D eigenvalue weighted by atomic mass is 79.9. The van der Waals surface area contributed by atoms with E-state index < -0.39 is 0 Å². The van der Waals surface area contributed by atoms with Crippen LogP contribution in [-0.4, -0.2) is 27.7 Å². The number of alkyl halides is 1. The number of aryl methyl sites for hydroxylation is 2. The van der Waals surface area contributed by atoms with Crippen LogP contribution in [0, 0.1) is 5.92 Å². The van der Waals surface area contributed by atoms with Crippen LogP contribution in [0.4, 0.5) is 0 Å². The fraction of sp³-hybridized carbons (Fsp3) is 0.692. The quantitative estimate of drug-likeness (QED) is 0.799. The molecular formula is C13H17BrN2OS. The number of likely N-dealkylation sites (tertiary alicyclic amines) is 1. The first-order valence-corrected chi connectivity index (χ1v) is 8.51. The molecule has 1 aliphatic heterocycles. The lowest BCUT2D eigenvalue weighted by Gasteiger charge is -2.14. The molecule has 1 aliphatic carbocycles. The van der Waals surface area contributed by atoms with Gasteiger partial charge >= 0.3 is 0 Å². The number of carbonyl (C=O) groups excluding carboxylic acids is 1. The van der Waals surface area contributed by atoms with E-state index in [4.69, 9.17) is 4.98 Å². The van der Waals surface area contributed by atoms with Gasteiger partial charge in [-0.15, -0.1) is 11.3 Å². The fourth-order valence-corrected chi connectivity index (χ4v) is 4.35. The van der Waals surface area contributed by atoms with E-state index in [1.54, 1.807) is 0 Å². The van der Waals surface area contributed by atoms with Crippen molar-refractivity contribution in [1.82, 2.24) is 9.88 Å². The molecule has 1 fully saturated rings. The smallest absolute Gasteiger partial charge is 0.223 e. The van der Waals surface area contributed by atoms with Gasteiger partial charge in [0.1, 0.15) is 5.01 Å². The van der Waals surface area contributed by atoms with Gasteiger partial charge in [-0.1, -0.05) is 15.9 Å². The molecule has 0 bridgehead atoms. The molecule has 18 heavy (non-hydrogen) atoms. The molecule has 2 aliphatic rings. The van der Waals surface area contributed by atoms with Gasteiger partial charge in [-0.3, -0.25) is 4.79 Å². The minimum atomic E-state index is 0.285. The molecule has 0 saturated carbocycles. The van der Waals surface area contributed by atoms with E-state index >= 15 is 0 Å². The van der Waals surface area contributed by atoms with Crippen molar-refractivity contribution in [2.45, 2.75) is 38.6 Å². The normalized spacial score (nSPS) is 23.5. The van der Waals surface area contributed by atoms with Gasteiger partial charge in [0.2, 0.25) is 5.91 Å². The Morgan fingerprint density at radius 1 is 1.39 bits per heavy atom. The molecule has 1 amide bonds. The summed E-state index contributed by atoms with van der Waals surface area (Å²) >= 11 is 5.29. The van der Waals surface area contributed by atoms with E-state index in [1.165, 1.54) is 29.8 Å². The maximum atomic E-state index is 11.9. The highest BCUT2D eigenvalue weighted by Gasteiger charge is 2.29. The van der Waals surface area contributed by atoms with Crippen molar-refractivity contribution in [3.63, 3.8) is 0 Å². The summed E-state index contributed by atoms with van der Waals surface area (Å²) in [4.78, 5) is 20.0. The van der Waals surface area contributed by atoms with Crippen molar-refractivity contribution in [3.05, 3.63) is 15.6 Å². The summed E-state index contributed by atoms with van der Waals surface area (Å²) in [5, 5.41) is 2.05. The third-order valence-electron chi connectivity index (χ3n) is 3.73. The van der Waals surface area contributed by atoms with Crippen LogP contribution >= 0.6 is 27.3 Å². The molecule has 3 rings (SSSR count). The third-order valence-corrected chi connectivity index (χ3v) is 5.79. The van der Waals surface area contributed by atoms with Crippen LogP contribution < -0.4 is 0 Å². The average molecular weight is 329 g/mol. The Bertz CT molecular complexity index is 436. The molecule has 1 saturated heterocycles. The second-order valence-electron chi connectivity index (χ2n) is 5.18. The molecule has 1 unspecified atom stereocenters. The van der Waals surface area contributed by atoms with Gasteiger partial charge in [-0.25, -0.2) is 4.98 Å². The number of thiazole rings is 1. The minimum Gasteiger partial charge on any atom is -0.336 e. The number of carbonyl (C=O) groups is 1. The lowest BCUT2D eigenvalue weighted by molar-refractivity contribution is -0.128. The zero-order chi connectivity index (χ0) is 12.5. The highest BCUT2D eigenvalue weighted by Crippen LogP contribution is 2.29. The maximum Gasteiger partial charge on any atom is 0.223 e. The lowest BCUT2D eigenvalue weighted by Crippen LogP contribution is -2.24. The van der Waals surface area contributed by atoms with Gasteiger partial charge in [0.05, 0.1) is 12.2 Å². The molecule has 98 valence electrons. The monoisotopic (exact) mass is 328 g/mol. The first-order chi connectivity index (χ1) is 8.76. The standard InChI is InChI=1S/C13H17BrN2OS/c14-6-9-5-13(17)16(7-9)8-12-15-10-3-1-2-4-11(10)18-12/h9H,1-8H2. The van der Waals surface area contributed by atoms with Gasteiger partial charge in [-0.2, -0.15) is 0 Å². The number of hydrogen-bond donors (Lipinski definition) is 0. The molecule has 2 heterocycles. The second kappa shape index (κ2) is 5.29. The van der Waals surface area contributed by atoms with Crippen molar-refractivity contribution >= 4 is 33.2 Å². The Morgan fingerprint density at radius 2 is 2.22 bits per heavy atom. The molecule has 0 N–H and O–H groups in total. The largest absolute Gasteiger partial charge is 0.336 e. The predicted molar refractivity (Wildman–Crippen MR) is 76.1 cm³/mol. The van der Waals surface area contributed by atoms with Gasteiger partial charge in [0.15, 0.2) is 0 Å². The summed E-state index contributed by atoms with van der Waals surface area (Å²) in [5.74, 6) is 0.764. The number of fused-ring (bicyclic) bond motifs is 1. The van der Waals surface area contributed by atoms with Crippen molar-refractivity contribution in [2.24, 2.45) is 5.92 Å². The highest BCUT2D eigenvalue weighted by molar-refractivity contribution is 9.09. The fourth-order valence-electron chi connectivity index (χ4n) is 2.75. The predicted octanol–water partition coefficient (Wildman–Crippen LogP) is 2.77. The maximum absolute atomic E-state index is 11.9. The van der Waals surface area contributed by atoms with E-state index in [2.05, 4.69) is 15.9 Å². The van der Waals surface area contributed by atoms with Gasteiger partial charge in [-0.05, 0) is 31.6 Å². The molecule has 1 atom stereocenters. The number of halogens is 1. The lowest BCUT2D eigenvalue weighted by atomic mass is 10.0. The van der Waals surface area contributed by atoms with Crippen molar-refractivity contribution in [1.29, 1.82) is 0 Å². The Balaban J connectivity index is 1.69. The van der Waals surface area contributed by atoms with Crippen molar-refractivity contribution in [3.8, 4) is 0 Å². The number of nitrogens with zero attached hydrogens (tertiary/aromatic N) is 2. The molecule has 0 spiro atoms. The average Bonchev–Trinajstić information content (AvgIpc) is 2.93. The van der Waals surface area contributed by atoms with Gasteiger partial charge in [0, 0.05) is 23.2 Å². The summed E-state index contributed by atoms with van der Waals surface area (Å²) in [6.07, 6.45) is 5.57. The van der Waals surface area contributed by atoms with Crippen LogP contribution in [0.1, 0.15) is 34.8 Å². The van der Waals surface area contributed by atoms with Gasteiger partial charge < -0.3 is 4.90 Å². The van der Waals surface area contributed by atoms with Gasteiger partial charge in [0.25, 0.3) is 0 Å². The summed E-state index contributed by atoms with van der Waals surface area (Å²) in [6, 6.07) is 0. The number of aromatic nitrogens is 1. The Kier molecular flexibility index (Phi) is 3.71. The SMILES string of the molecule is O=C1CC(CBr)CN1Cc1nc2c(s1)CCCC2. The van der Waals surface area contributed by atoms with E-state index in [9.17, 15) is 4.79 Å². The summed E-state index contributed by atoms with van der Waals surface area (Å²) in [6.45, 7) is 1.61. The first kappa shape index (κ1) is 12.6. The van der Waals surface area contributed by atoms with Crippen LogP contribution in [0.5, 0.6) is 0 Å². The molecule has 1 aromatic heterocycles. The topological polar surface area (TPSA) is 33.2 Å². The van der Waals surface area contributed by atoms with Crippen molar-refractivity contribution in [2.75, 3.05) is 11.9 Å². The number of amides is 1. The van der Waals surface area contributed by atoms with Crippen LogP contribution in [-0.2, 0) is 24.2 Å². The van der Waals surface area contributed by atoms with Crippen LogP contribution in [0.2, 0.25) is 0 Å². The van der Waals surface area contributed by atoms with E-state index in [0.717, 1.165) is 29.8 Å². The molecular weight excluding hydrogens is 312 g/mol. The minimum absolute atomic E-state index is 0.285. The summed E-state index contributed by atoms with van der Waals surface area (Å²) < 4.78 is 0. The molecule has 0 radical (unpaired) electrons. The second-order valence-corrected chi connectivity index (χ2v) is 7.00. The number of rotatable bonds is 3. The van der Waals surface area contributed by atoms with Crippen molar-refractivity contribution < 1.29 is 4.79 Å². The molecule has 1 aromatic rings. The Hall–Kier alpha value is -0.420. The summed E-state index contributed by atoms with van der Waals surface area (Å²) in [7, 11) is 0. The van der Waals surface area contributed by atoms with Crippen LogP contribution in [0.25, 0.3) is 0 Å². The van der Waals surface area contributed by atoms with E-state index in [-0.39, 0.29) is 5.91 Å². The summed E-state index contributed by atoms with van der Waals surface area (Å²) in [5.41, 5.74) is 1.30. The Labute approximate surface area is 120 Å². The Morgan fingerprint density at radius 3 is 2.94 bits per heavy atom.